The summed E-state index contributed by atoms with van der Waals surface area (Å²) in [5.74, 6) is -2.37. The molecule has 260 valence electrons. The van der Waals surface area contributed by atoms with E-state index in [-0.39, 0.29) is 86.6 Å². The van der Waals surface area contributed by atoms with E-state index < -0.39 is 34.7 Å². The van der Waals surface area contributed by atoms with Gasteiger partial charge in [-0.3, -0.25) is 14.4 Å². The molecule has 0 N–H and O–H groups in total. The molecule has 0 radical (unpaired) electrons. The van der Waals surface area contributed by atoms with Gasteiger partial charge in [-0.1, -0.05) is 111 Å². The fourth-order valence-electron chi connectivity index (χ4n) is 5.22. The average Bonchev–Trinajstić information content (AvgIpc) is 3.00. The Labute approximate surface area is 278 Å². The number of hydrogen-bond acceptors (Lipinski definition) is 8. The Balaban J connectivity index is -0.00000462. The van der Waals surface area contributed by atoms with Gasteiger partial charge in [-0.15, -0.1) is 0 Å². The van der Waals surface area contributed by atoms with Crippen LogP contribution in [0.2, 0.25) is 0 Å². The van der Waals surface area contributed by atoms with Gasteiger partial charge >= 0.3 is 17.9 Å². The van der Waals surface area contributed by atoms with Crippen molar-refractivity contribution in [3.8, 4) is 0 Å². The first-order valence-electron chi connectivity index (χ1n) is 14.2. The van der Waals surface area contributed by atoms with Crippen LogP contribution in [-0.4, -0.2) is 44.5 Å². The van der Waals surface area contributed by atoms with Crippen molar-refractivity contribution in [2.75, 3.05) is 20.8 Å². The molecule has 3 unspecified atom stereocenters. The zero-order valence-corrected chi connectivity index (χ0v) is 25.5. The van der Waals surface area contributed by atoms with Crippen LogP contribution in [0, 0.1) is 16.7 Å². The summed E-state index contributed by atoms with van der Waals surface area (Å²) < 4.78 is 21.4. The fourth-order valence-corrected chi connectivity index (χ4v) is 5.22. The number of methoxy groups -OCH3 is 2. The van der Waals surface area contributed by atoms with Gasteiger partial charge in [0.2, 0.25) is 0 Å². The van der Waals surface area contributed by atoms with E-state index in [0.717, 1.165) is 11.1 Å². The van der Waals surface area contributed by atoms with Crippen molar-refractivity contribution in [1.29, 1.82) is 0 Å². The molecule has 0 saturated carbocycles. The molecule has 0 heterocycles. The summed E-state index contributed by atoms with van der Waals surface area (Å²) in [6, 6.07) is 18.5. The van der Waals surface area contributed by atoms with Crippen LogP contribution < -0.4 is 0 Å². The molecule has 8 nitrogen and oxygen atoms in total. The maximum Gasteiger partial charge on any atom is 0.333 e. The third-order valence-electron chi connectivity index (χ3n) is 7.52. The minimum absolute atomic E-state index is 0. The maximum atomic E-state index is 13.8. The molecule has 0 aliphatic heterocycles. The lowest BCUT2D eigenvalue weighted by Gasteiger charge is -2.39. The van der Waals surface area contributed by atoms with E-state index in [1.165, 1.54) is 14.2 Å². The van der Waals surface area contributed by atoms with Crippen LogP contribution in [0.4, 0.5) is 0 Å². The van der Waals surface area contributed by atoms with Crippen LogP contribution in [0.25, 0.3) is 0 Å². The molecule has 0 saturated heterocycles. The monoisotopic (exact) mass is 644 g/mol. The highest BCUT2D eigenvalue weighted by Gasteiger charge is 2.47. The van der Waals surface area contributed by atoms with Crippen molar-refractivity contribution in [3.05, 3.63) is 83.9 Å². The fraction of sp³-hybridized carbons (Fsp3) is 0.526. The molecule has 0 aliphatic carbocycles. The van der Waals surface area contributed by atoms with Gasteiger partial charge in [0.1, 0.15) is 19.0 Å². The summed E-state index contributed by atoms with van der Waals surface area (Å²) in [5, 5.41) is 0. The van der Waals surface area contributed by atoms with E-state index in [0.29, 0.717) is 6.42 Å². The number of carbonyl (C=O) groups excluding carboxylic acids is 4. The van der Waals surface area contributed by atoms with Crippen LogP contribution in [0.3, 0.4) is 0 Å². The molecule has 3 atom stereocenters. The van der Waals surface area contributed by atoms with Gasteiger partial charge in [-0.25, -0.2) is 4.79 Å². The number of Topliss-reactive ketones (excluding diaryl/α,β-unsaturated/α-hetero) is 1. The number of ketones is 1. The lowest BCUT2D eigenvalue weighted by molar-refractivity contribution is -0.160. The van der Waals surface area contributed by atoms with Gasteiger partial charge in [0.15, 0.2) is 0 Å². The molecule has 2 rings (SSSR count). The summed E-state index contributed by atoms with van der Waals surface area (Å²) in [6.07, 6.45) is 0.615. The molecule has 0 bridgehead atoms. The smallest absolute Gasteiger partial charge is 0.333 e. The number of ether oxygens (including phenoxy) is 4. The highest BCUT2D eigenvalue weighted by molar-refractivity contribution is 5.90. The van der Waals surface area contributed by atoms with Gasteiger partial charge in [0.25, 0.3) is 0 Å². The van der Waals surface area contributed by atoms with E-state index in [1.54, 1.807) is 13.8 Å². The molecule has 8 heteroatoms. The van der Waals surface area contributed by atoms with E-state index in [4.69, 9.17) is 18.9 Å². The van der Waals surface area contributed by atoms with Crippen molar-refractivity contribution in [2.24, 2.45) is 16.7 Å². The van der Waals surface area contributed by atoms with E-state index >= 15 is 0 Å². The predicted molar refractivity (Wildman–Crippen MR) is 186 cm³/mol. The number of carbonyl (C=O) groups is 4. The van der Waals surface area contributed by atoms with Crippen molar-refractivity contribution in [1.82, 2.24) is 0 Å². The van der Waals surface area contributed by atoms with Gasteiger partial charge in [0.05, 0.1) is 25.0 Å². The van der Waals surface area contributed by atoms with Crippen molar-refractivity contribution in [2.45, 2.75) is 95.8 Å². The minimum Gasteiger partial charge on any atom is -0.469 e. The van der Waals surface area contributed by atoms with Crippen LogP contribution in [-0.2, 0) is 51.3 Å². The van der Waals surface area contributed by atoms with Crippen molar-refractivity contribution in [3.63, 3.8) is 0 Å². The first-order chi connectivity index (χ1) is 20.0. The quantitative estimate of drug-likeness (QED) is 0.0903. The Morgan fingerprint density at radius 2 is 1.28 bits per heavy atom. The summed E-state index contributed by atoms with van der Waals surface area (Å²) in [7, 11) is 2.81. The summed E-state index contributed by atoms with van der Waals surface area (Å²) in [6.45, 7) is 9.46. The second-order valence-corrected chi connectivity index (χ2v) is 11.2. The van der Waals surface area contributed by atoms with Crippen LogP contribution in [0.5, 0.6) is 0 Å². The first-order valence-corrected chi connectivity index (χ1v) is 14.2. The predicted octanol–water partition coefficient (Wildman–Crippen LogP) is 8.56. The van der Waals surface area contributed by atoms with Crippen molar-refractivity contribution >= 4 is 23.7 Å². The summed E-state index contributed by atoms with van der Waals surface area (Å²) in [4.78, 5) is 53.0. The molecule has 0 aromatic heterocycles. The minimum atomic E-state index is -1.34. The molecule has 0 aliphatic rings. The Morgan fingerprint density at radius 1 is 0.783 bits per heavy atom. The van der Waals surface area contributed by atoms with Gasteiger partial charge in [0, 0.05) is 24.5 Å². The zero-order chi connectivity index (χ0) is 31.2. The second-order valence-electron chi connectivity index (χ2n) is 11.2. The summed E-state index contributed by atoms with van der Waals surface area (Å²) >= 11 is 0. The Morgan fingerprint density at radius 3 is 1.74 bits per heavy atom. The molecule has 0 spiro atoms. The highest BCUT2D eigenvalue weighted by atomic mass is 16.5. The molecule has 2 aromatic rings. The second kappa shape index (κ2) is 22.7. The highest BCUT2D eigenvalue weighted by Crippen LogP contribution is 2.45. The van der Waals surface area contributed by atoms with Crippen LogP contribution in [0.15, 0.2) is 72.8 Å². The maximum absolute atomic E-state index is 13.8. The molecule has 0 amide bonds. The Bertz CT molecular complexity index is 1190. The zero-order valence-electron chi connectivity index (χ0n) is 25.5. The Kier molecular flexibility index (Phi) is 23.0. The SMILES string of the molecule is C.C.C.C.C=C(CC(C)(CC(C)(CC(CC)C(=O)OC)C(=O)CCOC)C(=O)OCc1ccccc1)C(=O)OCc1ccccc1. The lowest BCUT2D eigenvalue weighted by Crippen LogP contribution is -2.42. The van der Waals surface area contributed by atoms with Gasteiger partial charge < -0.3 is 18.9 Å². The largest absolute Gasteiger partial charge is 0.469 e. The normalized spacial score (nSPS) is 13.2. The van der Waals surface area contributed by atoms with Gasteiger partial charge in [-0.2, -0.15) is 0 Å². The van der Waals surface area contributed by atoms with E-state index in [9.17, 15) is 19.2 Å². The van der Waals surface area contributed by atoms with E-state index in [1.807, 2.05) is 67.6 Å². The van der Waals surface area contributed by atoms with Gasteiger partial charge in [-0.05, 0) is 43.7 Å². The van der Waals surface area contributed by atoms with Crippen LogP contribution >= 0.6 is 0 Å². The third kappa shape index (κ3) is 14.1. The topological polar surface area (TPSA) is 105 Å². The van der Waals surface area contributed by atoms with Crippen molar-refractivity contribution < 1.29 is 38.1 Å². The number of rotatable bonds is 18. The molecular formula is C38H60O8. The van der Waals surface area contributed by atoms with E-state index in [2.05, 4.69) is 6.58 Å². The lowest BCUT2D eigenvalue weighted by atomic mass is 9.64. The third-order valence-corrected chi connectivity index (χ3v) is 7.52. The standard InChI is InChI=1S/C34H44O8.4CH4/c1-7-28(31(37)40-6)21-33(3,29(35)18-19-39-5)24-34(4,32(38)42-23-27-16-12-9-13-17-27)20-25(2)30(36)41-22-26-14-10-8-11-15-26;;;;/h8-17,28H,2,7,18-24H2,1,3-6H3;4*1H4. The van der Waals surface area contributed by atoms with Crippen LogP contribution in [0.1, 0.15) is 93.7 Å². The number of esters is 3. The Hall–Kier alpha value is -3.78. The average molecular weight is 645 g/mol. The molecule has 46 heavy (non-hydrogen) atoms. The molecular weight excluding hydrogens is 584 g/mol. The summed E-state index contributed by atoms with van der Waals surface area (Å²) in [5.41, 5.74) is -0.791. The molecule has 2 aromatic carbocycles. The number of hydrogen-bond donors (Lipinski definition) is 0. The molecule has 0 fully saturated rings. The number of benzene rings is 2. The first kappa shape index (κ1) is 46.6.